The number of nitrogens with one attached hydrogen (secondary N) is 1. The minimum atomic E-state index is -0.734. The quantitative estimate of drug-likeness (QED) is 0.315. The Morgan fingerprint density at radius 2 is 1.74 bits per heavy atom. The molecule has 1 heterocycles. The molecule has 198 valence electrons. The molecule has 1 unspecified atom stereocenters. The summed E-state index contributed by atoms with van der Waals surface area (Å²) < 4.78 is 16.8. The maximum atomic E-state index is 12.6. The van der Waals surface area contributed by atoms with E-state index in [1.807, 2.05) is 42.5 Å². The average Bonchev–Trinajstić information content (AvgIpc) is 3.29. The van der Waals surface area contributed by atoms with Gasteiger partial charge in [-0.15, -0.1) is 0 Å². The highest BCUT2D eigenvalue weighted by molar-refractivity contribution is 6.03. The van der Waals surface area contributed by atoms with Crippen LogP contribution < -0.4 is 20.5 Å². The van der Waals surface area contributed by atoms with Gasteiger partial charge in [-0.2, -0.15) is 4.99 Å². The number of nitrogens with two attached hydrogens (primary N) is 1. The number of amides is 2. The van der Waals surface area contributed by atoms with Gasteiger partial charge in [0, 0.05) is 29.2 Å². The zero-order chi connectivity index (χ0) is 27.1. The molecule has 1 aliphatic rings. The fourth-order valence-corrected chi connectivity index (χ4v) is 4.03. The number of ether oxygens (including phenoxy) is 3. The van der Waals surface area contributed by atoms with Crippen molar-refractivity contribution in [3.8, 4) is 11.5 Å². The Labute approximate surface area is 222 Å². The van der Waals surface area contributed by atoms with Crippen LogP contribution in [-0.4, -0.2) is 36.6 Å². The summed E-state index contributed by atoms with van der Waals surface area (Å²) in [5.41, 5.74) is 8.64. The zero-order valence-electron chi connectivity index (χ0n) is 21.9. The smallest absolute Gasteiger partial charge is 0.436 e. The summed E-state index contributed by atoms with van der Waals surface area (Å²) in [5, 5.41) is 2.97. The van der Waals surface area contributed by atoms with Gasteiger partial charge in [-0.1, -0.05) is 30.3 Å². The molecule has 3 N–H and O–H groups in total. The standard InChI is InChI=1S/C30H33N3O5/c1-30(2,3)38-29(35)33-27(31)22-11-14-26-25(17-22)23(19-37-26)15-16-32-28(34)21-9-12-24(13-10-21)36-18-20-7-5-4-6-8-20/h4-14,17,23H,15-16,18-19H2,1-3H3,(H,32,34)(H2,31,33,35). The molecule has 38 heavy (non-hydrogen) atoms. The van der Waals surface area contributed by atoms with E-state index < -0.39 is 11.7 Å². The van der Waals surface area contributed by atoms with Crippen LogP contribution in [0.1, 0.15) is 60.2 Å². The van der Waals surface area contributed by atoms with Crippen molar-refractivity contribution in [3.05, 3.63) is 95.1 Å². The number of fused-ring (bicyclic) bond motifs is 1. The van der Waals surface area contributed by atoms with Gasteiger partial charge in [0.25, 0.3) is 5.91 Å². The fraction of sp³-hybridized carbons (Fsp3) is 0.300. The van der Waals surface area contributed by atoms with Gasteiger partial charge in [-0.3, -0.25) is 4.79 Å². The SMILES string of the molecule is CC(C)(C)OC(=O)N=C(N)c1ccc2c(c1)C(CCNC(=O)c1ccc(OCc3ccccc3)cc1)CO2. The molecular weight excluding hydrogens is 482 g/mol. The Hall–Kier alpha value is -4.33. The number of amidine groups is 1. The zero-order valence-corrected chi connectivity index (χ0v) is 21.9. The molecule has 0 saturated heterocycles. The molecular formula is C30H33N3O5. The van der Waals surface area contributed by atoms with Gasteiger partial charge in [0.05, 0.1) is 6.61 Å². The summed E-state index contributed by atoms with van der Waals surface area (Å²) in [6.45, 7) is 6.75. The number of hydrogen-bond donors (Lipinski definition) is 2. The van der Waals surface area contributed by atoms with Gasteiger partial charge in [-0.25, -0.2) is 4.79 Å². The average molecular weight is 516 g/mol. The second-order valence-corrected chi connectivity index (χ2v) is 10.1. The first kappa shape index (κ1) is 26.7. The third-order valence-corrected chi connectivity index (χ3v) is 5.93. The molecule has 0 radical (unpaired) electrons. The number of benzene rings is 3. The van der Waals surface area contributed by atoms with Gasteiger partial charge in [0.2, 0.25) is 0 Å². The Morgan fingerprint density at radius 1 is 1.03 bits per heavy atom. The topological polar surface area (TPSA) is 112 Å². The molecule has 8 heteroatoms. The first-order valence-electron chi connectivity index (χ1n) is 12.6. The summed E-state index contributed by atoms with van der Waals surface area (Å²) in [6, 6.07) is 22.5. The van der Waals surface area contributed by atoms with E-state index in [2.05, 4.69) is 10.3 Å². The Bertz CT molecular complexity index is 1300. The highest BCUT2D eigenvalue weighted by Gasteiger charge is 2.25. The fourth-order valence-electron chi connectivity index (χ4n) is 4.03. The highest BCUT2D eigenvalue weighted by Crippen LogP contribution is 2.36. The van der Waals surface area contributed by atoms with Crippen LogP contribution in [0.4, 0.5) is 4.79 Å². The monoisotopic (exact) mass is 515 g/mol. The lowest BCUT2D eigenvalue weighted by Crippen LogP contribution is -2.26. The van der Waals surface area contributed by atoms with Crippen LogP contribution in [0.25, 0.3) is 0 Å². The summed E-state index contributed by atoms with van der Waals surface area (Å²) in [5.74, 6) is 1.48. The Morgan fingerprint density at radius 3 is 2.45 bits per heavy atom. The van der Waals surface area contributed by atoms with E-state index in [1.54, 1.807) is 51.1 Å². The van der Waals surface area contributed by atoms with Crippen LogP contribution in [0.2, 0.25) is 0 Å². The van der Waals surface area contributed by atoms with E-state index in [0.29, 0.717) is 43.1 Å². The van der Waals surface area contributed by atoms with Gasteiger partial charge >= 0.3 is 6.09 Å². The number of hydrogen-bond acceptors (Lipinski definition) is 5. The normalized spacial score (nSPS) is 14.8. The molecule has 0 saturated carbocycles. The second-order valence-electron chi connectivity index (χ2n) is 10.1. The van der Waals surface area contributed by atoms with Crippen molar-refractivity contribution in [2.24, 2.45) is 10.7 Å². The number of aliphatic imine (C=N–C) groups is 1. The highest BCUT2D eigenvalue weighted by atomic mass is 16.6. The van der Waals surface area contributed by atoms with Crippen LogP contribution in [0.15, 0.2) is 77.8 Å². The molecule has 3 aromatic carbocycles. The predicted octanol–water partition coefficient (Wildman–Crippen LogP) is 5.20. The van der Waals surface area contributed by atoms with Gasteiger partial charge < -0.3 is 25.3 Å². The van der Waals surface area contributed by atoms with Crippen molar-refractivity contribution >= 4 is 17.8 Å². The van der Waals surface area contributed by atoms with E-state index in [1.165, 1.54) is 0 Å². The van der Waals surface area contributed by atoms with Crippen molar-refractivity contribution in [2.75, 3.05) is 13.2 Å². The van der Waals surface area contributed by atoms with Crippen molar-refractivity contribution in [3.63, 3.8) is 0 Å². The van der Waals surface area contributed by atoms with Crippen LogP contribution >= 0.6 is 0 Å². The maximum Gasteiger partial charge on any atom is 0.436 e. The third-order valence-electron chi connectivity index (χ3n) is 5.93. The van der Waals surface area contributed by atoms with E-state index in [4.69, 9.17) is 19.9 Å². The first-order valence-corrected chi connectivity index (χ1v) is 12.6. The number of rotatable bonds is 8. The van der Waals surface area contributed by atoms with Gasteiger partial charge in [0.1, 0.15) is 29.5 Å². The molecule has 8 nitrogen and oxygen atoms in total. The number of carbonyl (C=O) groups excluding carboxylic acids is 2. The lowest BCUT2D eigenvalue weighted by molar-refractivity contribution is 0.0604. The summed E-state index contributed by atoms with van der Waals surface area (Å²) >= 11 is 0. The molecule has 0 aromatic heterocycles. The van der Waals surface area contributed by atoms with Crippen LogP contribution in [0, 0.1) is 0 Å². The van der Waals surface area contributed by atoms with Crippen molar-refractivity contribution in [2.45, 2.75) is 45.3 Å². The van der Waals surface area contributed by atoms with Crippen LogP contribution in [0.3, 0.4) is 0 Å². The molecule has 4 rings (SSSR count). The second kappa shape index (κ2) is 11.8. The first-order chi connectivity index (χ1) is 18.2. The Kier molecular flexibility index (Phi) is 8.31. The molecule has 0 aliphatic carbocycles. The molecule has 0 spiro atoms. The van der Waals surface area contributed by atoms with E-state index in [0.717, 1.165) is 16.9 Å². The summed E-state index contributed by atoms with van der Waals surface area (Å²) in [6.07, 6.45) is -0.0503. The van der Waals surface area contributed by atoms with Crippen LogP contribution in [0.5, 0.6) is 11.5 Å². The lowest BCUT2D eigenvalue weighted by atomic mass is 9.96. The van der Waals surface area contributed by atoms with E-state index in [-0.39, 0.29) is 17.7 Å². The molecule has 3 aromatic rings. The van der Waals surface area contributed by atoms with E-state index in [9.17, 15) is 9.59 Å². The summed E-state index contributed by atoms with van der Waals surface area (Å²) in [4.78, 5) is 28.5. The van der Waals surface area contributed by atoms with E-state index >= 15 is 0 Å². The molecule has 1 aliphatic heterocycles. The minimum Gasteiger partial charge on any atom is -0.493 e. The molecule has 0 bridgehead atoms. The van der Waals surface area contributed by atoms with Gasteiger partial charge in [-0.05, 0) is 75.2 Å². The summed E-state index contributed by atoms with van der Waals surface area (Å²) in [7, 11) is 0. The number of nitrogens with zero attached hydrogens (tertiary/aromatic N) is 1. The predicted molar refractivity (Wildman–Crippen MR) is 146 cm³/mol. The van der Waals surface area contributed by atoms with Crippen molar-refractivity contribution in [1.29, 1.82) is 0 Å². The van der Waals surface area contributed by atoms with Crippen molar-refractivity contribution < 1.29 is 23.8 Å². The minimum absolute atomic E-state index is 0.0772. The third kappa shape index (κ3) is 7.35. The maximum absolute atomic E-state index is 12.6. The lowest BCUT2D eigenvalue weighted by Gasteiger charge is -2.17. The largest absolute Gasteiger partial charge is 0.493 e. The van der Waals surface area contributed by atoms with Gasteiger partial charge in [0.15, 0.2) is 0 Å². The van der Waals surface area contributed by atoms with Crippen LogP contribution in [-0.2, 0) is 11.3 Å². The Balaban J connectivity index is 1.29. The molecule has 2 amide bonds. The number of carbonyl (C=O) groups is 2. The van der Waals surface area contributed by atoms with Crippen molar-refractivity contribution in [1.82, 2.24) is 5.32 Å². The molecule has 1 atom stereocenters. The molecule has 0 fully saturated rings.